The van der Waals surface area contributed by atoms with E-state index < -0.39 is 0 Å². The maximum absolute atomic E-state index is 6.10. The van der Waals surface area contributed by atoms with Gasteiger partial charge in [0.1, 0.15) is 0 Å². The first-order chi connectivity index (χ1) is 13.8. The first-order valence-electron chi connectivity index (χ1n) is 12.5. The third kappa shape index (κ3) is 4.84. The van der Waals surface area contributed by atoms with E-state index in [1.54, 1.807) is 16.7 Å². The summed E-state index contributed by atoms with van der Waals surface area (Å²) in [4.78, 5) is 0. The molecule has 1 aromatic rings. The molecule has 0 spiro atoms. The van der Waals surface area contributed by atoms with Crippen molar-refractivity contribution in [2.24, 2.45) is 23.7 Å². The second-order valence-corrected chi connectivity index (χ2v) is 10.1. The molecule has 4 rings (SSSR count). The predicted molar refractivity (Wildman–Crippen MR) is 119 cm³/mol. The first-order valence-corrected chi connectivity index (χ1v) is 12.5. The fourth-order valence-electron chi connectivity index (χ4n) is 6.52. The molecule has 0 N–H and O–H groups in total. The minimum atomic E-state index is 0.571. The highest BCUT2D eigenvalue weighted by atomic mass is 16.5. The average Bonchev–Trinajstić information content (AvgIpc) is 2.75. The molecule has 1 heteroatoms. The van der Waals surface area contributed by atoms with Gasteiger partial charge in [0.05, 0.1) is 6.10 Å². The zero-order valence-electron chi connectivity index (χ0n) is 18.4. The Bertz CT molecular complexity index is 621. The Morgan fingerprint density at radius 2 is 1.61 bits per heavy atom. The topological polar surface area (TPSA) is 9.23 Å². The van der Waals surface area contributed by atoms with Crippen LogP contribution in [0.25, 0.3) is 0 Å². The van der Waals surface area contributed by atoms with Gasteiger partial charge in [-0.05, 0) is 117 Å². The van der Waals surface area contributed by atoms with Crippen molar-refractivity contribution in [2.75, 3.05) is 6.61 Å². The van der Waals surface area contributed by atoms with Gasteiger partial charge in [-0.1, -0.05) is 38.5 Å². The highest BCUT2D eigenvalue weighted by molar-refractivity contribution is 5.34. The van der Waals surface area contributed by atoms with Gasteiger partial charge in [0.2, 0.25) is 0 Å². The summed E-state index contributed by atoms with van der Waals surface area (Å²) in [5.74, 6) is 3.90. The normalized spacial score (nSPS) is 32.6. The monoisotopic (exact) mass is 382 g/mol. The number of hydrogen-bond acceptors (Lipinski definition) is 1. The molecular weight excluding hydrogens is 340 g/mol. The number of benzene rings is 1. The van der Waals surface area contributed by atoms with Crippen LogP contribution < -0.4 is 0 Å². The van der Waals surface area contributed by atoms with E-state index in [1.807, 2.05) is 0 Å². The SMILES string of the molecule is CCCCc1ccc2c(c1)CCC(C1CCC3CC(OCCC)CCC3C1)C2. The second-order valence-electron chi connectivity index (χ2n) is 10.1. The third-order valence-electron chi connectivity index (χ3n) is 8.19. The van der Waals surface area contributed by atoms with Crippen LogP contribution in [0.1, 0.15) is 94.7 Å². The second kappa shape index (κ2) is 9.79. The van der Waals surface area contributed by atoms with Gasteiger partial charge in [0.15, 0.2) is 0 Å². The van der Waals surface area contributed by atoms with Crippen LogP contribution in [-0.4, -0.2) is 12.7 Å². The Balaban J connectivity index is 1.31. The summed E-state index contributed by atoms with van der Waals surface area (Å²) < 4.78 is 6.10. The summed E-state index contributed by atoms with van der Waals surface area (Å²) >= 11 is 0. The molecule has 0 bridgehead atoms. The highest BCUT2D eigenvalue weighted by Crippen LogP contribution is 2.47. The van der Waals surface area contributed by atoms with Crippen LogP contribution in [0.5, 0.6) is 0 Å². The third-order valence-corrected chi connectivity index (χ3v) is 8.19. The first kappa shape index (κ1) is 20.5. The van der Waals surface area contributed by atoms with E-state index in [1.165, 1.54) is 77.0 Å². The Kier molecular flexibility index (Phi) is 7.15. The lowest BCUT2D eigenvalue weighted by Gasteiger charge is -2.45. The van der Waals surface area contributed by atoms with Crippen LogP contribution in [0.2, 0.25) is 0 Å². The van der Waals surface area contributed by atoms with Crippen LogP contribution >= 0.6 is 0 Å². The Morgan fingerprint density at radius 1 is 0.821 bits per heavy atom. The van der Waals surface area contributed by atoms with Crippen molar-refractivity contribution in [3.8, 4) is 0 Å². The lowest BCUT2D eigenvalue weighted by Crippen LogP contribution is -2.37. The molecule has 1 nitrogen and oxygen atoms in total. The summed E-state index contributed by atoms with van der Waals surface area (Å²) in [6.07, 6.45) is 18.3. The maximum Gasteiger partial charge on any atom is 0.0578 e. The minimum Gasteiger partial charge on any atom is -0.378 e. The van der Waals surface area contributed by atoms with E-state index in [-0.39, 0.29) is 0 Å². The molecule has 0 radical (unpaired) electrons. The van der Waals surface area contributed by atoms with Crippen LogP contribution in [-0.2, 0) is 24.0 Å². The summed E-state index contributed by atoms with van der Waals surface area (Å²) in [5, 5.41) is 0. The van der Waals surface area contributed by atoms with E-state index in [9.17, 15) is 0 Å². The molecule has 0 saturated heterocycles. The lowest BCUT2D eigenvalue weighted by molar-refractivity contribution is -0.0236. The van der Waals surface area contributed by atoms with Crippen molar-refractivity contribution in [1.29, 1.82) is 0 Å². The number of fused-ring (bicyclic) bond motifs is 2. The van der Waals surface area contributed by atoms with Gasteiger partial charge in [-0.25, -0.2) is 0 Å². The number of unbranched alkanes of at least 4 members (excludes halogenated alkanes) is 1. The van der Waals surface area contributed by atoms with Crippen LogP contribution in [0.4, 0.5) is 0 Å². The fraction of sp³-hybridized carbons (Fsp3) is 0.778. The summed E-state index contributed by atoms with van der Waals surface area (Å²) in [6.45, 7) is 5.49. The van der Waals surface area contributed by atoms with Gasteiger partial charge < -0.3 is 4.74 Å². The average molecular weight is 383 g/mol. The largest absolute Gasteiger partial charge is 0.378 e. The zero-order valence-corrected chi connectivity index (χ0v) is 18.4. The molecule has 5 atom stereocenters. The van der Waals surface area contributed by atoms with Gasteiger partial charge in [0, 0.05) is 6.61 Å². The standard InChI is InChI=1S/C27H42O/c1-3-5-6-20-7-8-22-17-23(10-9-21(22)16-20)24-11-12-26-19-27(28-15-4-2)14-13-25(26)18-24/h7-8,16,23-27H,3-6,9-15,17-19H2,1-2H3. The Hall–Kier alpha value is -0.820. The maximum atomic E-state index is 6.10. The van der Waals surface area contributed by atoms with E-state index in [0.29, 0.717) is 6.10 Å². The number of rotatable bonds is 7. The van der Waals surface area contributed by atoms with Crippen molar-refractivity contribution in [3.63, 3.8) is 0 Å². The van der Waals surface area contributed by atoms with Crippen molar-refractivity contribution in [1.82, 2.24) is 0 Å². The molecule has 0 aliphatic heterocycles. The molecule has 0 aromatic heterocycles. The molecule has 3 aliphatic rings. The quantitative estimate of drug-likeness (QED) is 0.486. The molecule has 0 heterocycles. The minimum absolute atomic E-state index is 0.571. The summed E-state index contributed by atoms with van der Waals surface area (Å²) in [5.41, 5.74) is 4.92. The van der Waals surface area contributed by atoms with Crippen molar-refractivity contribution in [3.05, 3.63) is 34.9 Å². The molecule has 0 amide bonds. The van der Waals surface area contributed by atoms with E-state index in [2.05, 4.69) is 32.0 Å². The van der Waals surface area contributed by atoms with Crippen molar-refractivity contribution in [2.45, 2.75) is 103 Å². The van der Waals surface area contributed by atoms with Crippen molar-refractivity contribution >= 4 is 0 Å². The van der Waals surface area contributed by atoms with E-state index in [0.717, 1.165) is 36.7 Å². The highest BCUT2D eigenvalue weighted by Gasteiger charge is 2.38. The van der Waals surface area contributed by atoms with E-state index in [4.69, 9.17) is 4.74 Å². The fourth-order valence-corrected chi connectivity index (χ4v) is 6.52. The van der Waals surface area contributed by atoms with Gasteiger partial charge in [-0.3, -0.25) is 0 Å². The van der Waals surface area contributed by atoms with E-state index >= 15 is 0 Å². The zero-order chi connectivity index (χ0) is 19.3. The molecule has 2 fully saturated rings. The van der Waals surface area contributed by atoms with Gasteiger partial charge in [-0.2, -0.15) is 0 Å². The number of hydrogen-bond donors (Lipinski definition) is 0. The molecule has 3 aliphatic carbocycles. The molecule has 2 saturated carbocycles. The van der Waals surface area contributed by atoms with Crippen LogP contribution in [0.15, 0.2) is 18.2 Å². The summed E-state index contributed by atoms with van der Waals surface area (Å²) in [7, 11) is 0. The lowest BCUT2D eigenvalue weighted by atomic mass is 9.62. The summed E-state index contributed by atoms with van der Waals surface area (Å²) in [6, 6.07) is 7.44. The smallest absolute Gasteiger partial charge is 0.0578 e. The van der Waals surface area contributed by atoms with Crippen LogP contribution in [0, 0.1) is 23.7 Å². The van der Waals surface area contributed by atoms with Gasteiger partial charge in [0.25, 0.3) is 0 Å². The molecule has 28 heavy (non-hydrogen) atoms. The van der Waals surface area contributed by atoms with Crippen LogP contribution in [0.3, 0.4) is 0 Å². The number of aryl methyl sites for hydroxylation is 2. The Labute approximate surface area is 173 Å². The van der Waals surface area contributed by atoms with Gasteiger partial charge >= 0.3 is 0 Å². The Morgan fingerprint density at radius 3 is 2.43 bits per heavy atom. The molecular formula is C27H42O. The molecule has 156 valence electrons. The number of ether oxygens (including phenoxy) is 1. The molecule has 1 aromatic carbocycles. The predicted octanol–water partition coefficient (Wildman–Crippen LogP) is 7.15. The van der Waals surface area contributed by atoms with Gasteiger partial charge in [-0.15, -0.1) is 0 Å². The molecule has 5 unspecified atom stereocenters. The van der Waals surface area contributed by atoms with Crippen molar-refractivity contribution < 1.29 is 4.74 Å².